The lowest BCUT2D eigenvalue weighted by atomic mass is 9.80. The molecule has 0 unspecified atom stereocenters. The molecule has 2 heterocycles. The van der Waals surface area contributed by atoms with Crippen molar-refractivity contribution in [1.29, 1.82) is 0 Å². The van der Waals surface area contributed by atoms with E-state index in [1.54, 1.807) is 11.0 Å². The molecule has 0 spiro atoms. The number of nitrogens with zero attached hydrogens (tertiary/aromatic N) is 4. The molecule has 9 nitrogen and oxygen atoms in total. The van der Waals surface area contributed by atoms with E-state index in [2.05, 4.69) is 9.97 Å². The molecule has 0 radical (unpaired) electrons. The summed E-state index contributed by atoms with van der Waals surface area (Å²) in [5, 5.41) is 19.9. The number of piperazine rings is 1. The topological polar surface area (TPSA) is 108 Å². The second-order valence-corrected chi connectivity index (χ2v) is 8.16. The van der Waals surface area contributed by atoms with Crippen LogP contribution in [-0.4, -0.2) is 77.0 Å². The van der Waals surface area contributed by atoms with E-state index in [9.17, 15) is 14.8 Å². The summed E-state index contributed by atoms with van der Waals surface area (Å²) in [4.78, 5) is 24.7. The fraction of sp³-hybridized carbons (Fsp3) is 0.500. The summed E-state index contributed by atoms with van der Waals surface area (Å²) in [7, 11) is -0.253. The van der Waals surface area contributed by atoms with Crippen molar-refractivity contribution in [3.63, 3.8) is 0 Å². The van der Waals surface area contributed by atoms with Crippen LogP contribution in [0.5, 0.6) is 6.01 Å². The number of amides is 1. The summed E-state index contributed by atoms with van der Waals surface area (Å²) in [6.45, 7) is 7.53. The quantitative estimate of drug-likeness (QED) is 0.706. The van der Waals surface area contributed by atoms with Crippen LogP contribution in [0.25, 0.3) is 10.9 Å². The third-order valence-corrected chi connectivity index (χ3v) is 4.79. The van der Waals surface area contributed by atoms with E-state index in [0.29, 0.717) is 42.9 Å². The molecule has 0 atom stereocenters. The Morgan fingerprint density at radius 1 is 1.17 bits per heavy atom. The van der Waals surface area contributed by atoms with Crippen molar-refractivity contribution in [2.45, 2.75) is 26.4 Å². The smallest absolute Gasteiger partial charge is 0.467 e. The van der Waals surface area contributed by atoms with Crippen LogP contribution in [-0.2, 0) is 4.74 Å². The second-order valence-electron chi connectivity index (χ2n) is 7.75. The summed E-state index contributed by atoms with van der Waals surface area (Å²) in [5.41, 5.74) is 0.0884. The molecule has 1 aromatic heterocycles. The van der Waals surface area contributed by atoms with E-state index in [0.717, 1.165) is 0 Å². The largest absolute Gasteiger partial charge is 0.490 e. The van der Waals surface area contributed by atoms with E-state index in [1.807, 2.05) is 25.7 Å². The summed E-state index contributed by atoms with van der Waals surface area (Å²) >= 11 is 6.21. The zero-order valence-electron chi connectivity index (χ0n) is 16.8. The highest BCUT2D eigenvalue weighted by Gasteiger charge is 2.28. The van der Waals surface area contributed by atoms with Crippen LogP contribution < -0.4 is 15.1 Å². The number of hydrogen-bond donors (Lipinski definition) is 2. The van der Waals surface area contributed by atoms with Crippen molar-refractivity contribution in [1.82, 2.24) is 14.9 Å². The number of ether oxygens (including phenoxy) is 2. The zero-order chi connectivity index (χ0) is 21.3. The lowest BCUT2D eigenvalue weighted by Gasteiger charge is -2.36. The fourth-order valence-corrected chi connectivity index (χ4v) is 3.35. The number of halogens is 1. The molecule has 0 bridgehead atoms. The Balaban J connectivity index is 1.88. The molecule has 2 N–H and O–H groups in total. The summed E-state index contributed by atoms with van der Waals surface area (Å²) in [6, 6.07) is 3.27. The van der Waals surface area contributed by atoms with Crippen LogP contribution >= 0.6 is 11.6 Å². The van der Waals surface area contributed by atoms with Gasteiger partial charge in [-0.05, 0) is 32.9 Å². The Morgan fingerprint density at radius 2 is 1.83 bits per heavy atom. The minimum atomic E-state index is -1.71. The van der Waals surface area contributed by atoms with Crippen molar-refractivity contribution in [2.24, 2.45) is 0 Å². The Kier molecular flexibility index (Phi) is 6.07. The number of benzene rings is 1. The number of carbonyl (C=O) groups is 1. The number of methoxy groups -OCH3 is 1. The van der Waals surface area contributed by atoms with Crippen molar-refractivity contribution in [3.05, 3.63) is 17.2 Å². The molecule has 3 rings (SSSR count). The van der Waals surface area contributed by atoms with Crippen molar-refractivity contribution in [3.8, 4) is 6.01 Å². The summed E-state index contributed by atoms with van der Waals surface area (Å²) in [5.74, 6) is 0.608. The molecule has 1 aromatic carbocycles. The highest BCUT2D eigenvalue weighted by Crippen LogP contribution is 2.29. The normalized spacial score (nSPS) is 14.9. The fourth-order valence-electron chi connectivity index (χ4n) is 3.09. The van der Waals surface area contributed by atoms with Gasteiger partial charge < -0.3 is 29.3 Å². The first-order valence-electron chi connectivity index (χ1n) is 9.23. The SMILES string of the molecule is COc1nc(N2CCN(C(=O)OC(C)(C)C)CC2)c2cc(Cl)c(B(O)O)cc2n1. The van der Waals surface area contributed by atoms with Gasteiger partial charge in [0.15, 0.2) is 0 Å². The minimum absolute atomic E-state index is 0.153. The molecule has 1 fully saturated rings. The van der Waals surface area contributed by atoms with Gasteiger partial charge in [0.25, 0.3) is 0 Å². The van der Waals surface area contributed by atoms with Gasteiger partial charge in [0, 0.05) is 42.1 Å². The molecule has 156 valence electrons. The van der Waals surface area contributed by atoms with Gasteiger partial charge in [-0.15, -0.1) is 0 Å². The van der Waals surface area contributed by atoms with E-state index < -0.39 is 12.7 Å². The first kappa shape index (κ1) is 21.4. The molecule has 1 aliphatic heterocycles. The Morgan fingerprint density at radius 3 is 2.38 bits per heavy atom. The predicted molar refractivity (Wildman–Crippen MR) is 111 cm³/mol. The third kappa shape index (κ3) is 4.83. The highest BCUT2D eigenvalue weighted by molar-refractivity contribution is 6.63. The van der Waals surface area contributed by atoms with Gasteiger partial charge in [-0.3, -0.25) is 0 Å². The number of hydrogen-bond acceptors (Lipinski definition) is 8. The number of carbonyl (C=O) groups excluding carboxylic acids is 1. The molecule has 29 heavy (non-hydrogen) atoms. The average Bonchev–Trinajstić information content (AvgIpc) is 2.65. The molecule has 0 aliphatic carbocycles. The van der Waals surface area contributed by atoms with E-state index >= 15 is 0 Å². The van der Waals surface area contributed by atoms with Crippen molar-refractivity contribution < 1.29 is 24.3 Å². The van der Waals surface area contributed by atoms with E-state index in [4.69, 9.17) is 21.1 Å². The number of fused-ring (bicyclic) bond motifs is 1. The lowest BCUT2D eigenvalue weighted by Crippen LogP contribution is -2.50. The molecule has 2 aromatic rings. The Labute approximate surface area is 174 Å². The van der Waals surface area contributed by atoms with Crippen LogP contribution in [0, 0.1) is 0 Å². The van der Waals surface area contributed by atoms with E-state index in [-0.39, 0.29) is 22.6 Å². The molecular formula is C18H24BClN4O5. The maximum Gasteiger partial charge on any atom is 0.490 e. The molecule has 11 heteroatoms. The molecule has 1 aliphatic rings. The standard InChI is InChI=1S/C18H24BClN4O5/c1-18(2,3)29-17(25)24-7-5-23(6-8-24)15-11-9-13(20)12(19(26)27)10-14(11)21-16(22-15)28-4/h9-10,26-27H,5-8H2,1-4H3. The first-order chi connectivity index (χ1) is 13.6. The Hall–Kier alpha value is -2.30. The van der Waals surface area contributed by atoms with Gasteiger partial charge in [0.1, 0.15) is 11.4 Å². The van der Waals surface area contributed by atoms with Crippen LogP contribution in [0.3, 0.4) is 0 Å². The number of aromatic nitrogens is 2. The molecule has 1 saturated heterocycles. The Bertz CT molecular complexity index is 913. The number of anilines is 1. The van der Waals surface area contributed by atoms with Gasteiger partial charge in [-0.2, -0.15) is 9.97 Å². The van der Waals surface area contributed by atoms with Crippen molar-refractivity contribution >= 4 is 47.0 Å². The van der Waals surface area contributed by atoms with Gasteiger partial charge in [0.2, 0.25) is 0 Å². The summed E-state index contributed by atoms with van der Waals surface area (Å²) in [6.07, 6.45) is -0.341. The minimum Gasteiger partial charge on any atom is -0.467 e. The molecule has 0 saturated carbocycles. The van der Waals surface area contributed by atoms with Crippen LogP contribution in [0.2, 0.25) is 5.02 Å². The van der Waals surface area contributed by atoms with Crippen LogP contribution in [0.1, 0.15) is 20.8 Å². The third-order valence-electron chi connectivity index (χ3n) is 4.47. The number of rotatable bonds is 3. The molecular weight excluding hydrogens is 398 g/mol. The average molecular weight is 423 g/mol. The van der Waals surface area contributed by atoms with Gasteiger partial charge in [-0.25, -0.2) is 4.79 Å². The van der Waals surface area contributed by atoms with Crippen LogP contribution in [0.4, 0.5) is 10.6 Å². The zero-order valence-corrected chi connectivity index (χ0v) is 17.6. The monoisotopic (exact) mass is 422 g/mol. The van der Waals surface area contributed by atoms with Gasteiger partial charge >= 0.3 is 19.2 Å². The van der Waals surface area contributed by atoms with E-state index in [1.165, 1.54) is 13.2 Å². The highest BCUT2D eigenvalue weighted by atomic mass is 35.5. The summed E-state index contributed by atoms with van der Waals surface area (Å²) < 4.78 is 10.6. The predicted octanol–water partition coefficient (Wildman–Crippen LogP) is 1.03. The molecule has 1 amide bonds. The maximum atomic E-state index is 12.3. The van der Waals surface area contributed by atoms with Crippen LogP contribution in [0.15, 0.2) is 12.1 Å². The van der Waals surface area contributed by atoms with Crippen molar-refractivity contribution in [2.75, 3.05) is 38.2 Å². The first-order valence-corrected chi connectivity index (χ1v) is 9.61. The van der Waals surface area contributed by atoms with Gasteiger partial charge in [-0.1, -0.05) is 11.6 Å². The van der Waals surface area contributed by atoms with Gasteiger partial charge in [0.05, 0.1) is 12.6 Å². The maximum absolute atomic E-state index is 12.3. The lowest BCUT2D eigenvalue weighted by molar-refractivity contribution is 0.0240. The second kappa shape index (κ2) is 8.21.